The van der Waals surface area contributed by atoms with Gasteiger partial charge in [0, 0.05) is 24.2 Å². The first-order valence-corrected chi connectivity index (χ1v) is 11.2. The third-order valence-electron chi connectivity index (χ3n) is 5.39. The Labute approximate surface area is 194 Å². The molecule has 32 heavy (non-hydrogen) atoms. The van der Waals surface area contributed by atoms with E-state index in [1.54, 1.807) is 4.90 Å². The van der Waals surface area contributed by atoms with E-state index in [1.807, 2.05) is 96.7 Å². The maximum absolute atomic E-state index is 13.8. The van der Waals surface area contributed by atoms with Gasteiger partial charge in [0.15, 0.2) is 0 Å². The second kappa shape index (κ2) is 9.84. The average molecular weight is 444 g/mol. The predicted molar refractivity (Wildman–Crippen MR) is 130 cm³/mol. The number of carbonyl (C=O) groups excluding carboxylic acids is 1. The van der Waals surface area contributed by atoms with Crippen molar-refractivity contribution in [1.29, 1.82) is 0 Å². The summed E-state index contributed by atoms with van der Waals surface area (Å²) in [6, 6.07) is 27.5. The lowest BCUT2D eigenvalue weighted by molar-refractivity contribution is 0.0784. The maximum atomic E-state index is 13.8. The molecule has 162 valence electrons. The summed E-state index contributed by atoms with van der Waals surface area (Å²) in [5, 5.41) is 5.61. The molecule has 0 N–H and O–H groups in total. The molecule has 0 spiro atoms. The van der Waals surface area contributed by atoms with E-state index in [1.165, 1.54) is 0 Å². The molecule has 1 amide bonds. The highest BCUT2D eigenvalue weighted by Gasteiger charge is 2.27. The summed E-state index contributed by atoms with van der Waals surface area (Å²) >= 11 is 6.15. The van der Waals surface area contributed by atoms with Crippen LogP contribution in [0.5, 0.6) is 0 Å². The highest BCUT2D eigenvalue weighted by Crippen LogP contribution is 2.30. The molecule has 4 nitrogen and oxygen atoms in total. The molecule has 4 aromatic rings. The van der Waals surface area contributed by atoms with Crippen molar-refractivity contribution in [3.63, 3.8) is 0 Å². The van der Waals surface area contributed by atoms with Gasteiger partial charge in [0.05, 0.1) is 16.9 Å². The molecule has 0 unspecified atom stereocenters. The highest BCUT2D eigenvalue weighted by atomic mass is 35.5. The number of para-hydroxylation sites is 1. The molecule has 0 bridgehead atoms. The van der Waals surface area contributed by atoms with Crippen molar-refractivity contribution < 1.29 is 4.79 Å². The van der Waals surface area contributed by atoms with Gasteiger partial charge in [-0.25, -0.2) is 4.68 Å². The number of rotatable bonds is 7. The summed E-state index contributed by atoms with van der Waals surface area (Å²) in [5.74, 6) is -0.0468. The van der Waals surface area contributed by atoms with Crippen molar-refractivity contribution in [3.8, 4) is 16.9 Å². The van der Waals surface area contributed by atoms with Gasteiger partial charge in [0.2, 0.25) is 0 Å². The van der Waals surface area contributed by atoms with E-state index >= 15 is 0 Å². The van der Waals surface area contributed by atoms with E-state index in [0.29, 0.717) is 22.8 Å². The Morgan fingerprint density at radius 2 is 1.66 bits per heavy atom. The van der Waals surface area contributed by atoms with Crippen LogP contribution < -0.4 is 0 Å². The smallest absolute Gasteiger partial charge is 0.258 e. The fourth-order valence-corrected chi connectivity index (χ4v) is 4.11. The third kappa shape index (κ3) is 4.61. The molecular formula is C27H26ClN3O. The lowest BCUT2D eigenvalue weighted by atomic mass is 10.0. The van der Waals surface area contributed by atoms with Crippen LogP contribution in [0.15, 0.2) is 84.9 Å². The molecule has 0 atom stereocenters. The summed E-state index contributed by atoms with van der Waals surface area (Å²) in [6.45, 7) is 2.59. The molecule has 0 aliphatic rings. The zero-order chi connectivity index (χ0) is 22.5. The van der Waals surface area contributed by atoms with Crippen LogP contribution in [0, 0.1) is 0 Å². The zero-order valence-electron chi connectivity index (χ0n) is 18.3. The van der Waals surface area contributed by atoms with Crippen molar-refractivity contribution in [2.75, 3.05) is 7.05 Å². The third-order valence-corrected chi connectivity index (χ3v) is 5.62. The number of hydrogen-bond acceptors (Lipinski definition) is 2. The summed E-state index contributed by atoms with van der Waals surface area (Å²) in [6.07, 6.45) is 1.66. The van der Waals surface area contributed by atoms with Gasteiger partial charge in [-0.3, -0.25) is 4.79 Å². The number of amides is 1. The number of halogens is 1. The van der Waals surface area contributed by atoms with E-state index in [9.17, 15) is 4.79 Å². The fraction of sp³-hybridized carbons (Fsp3) is 0.185. The topological polar surface area (TPSA) is 38.1 Å². The number of aromatic nitrogens is 2. The van der Waals surface area contributed by atoms with E-state index in [4.69, 9.17) is 16.7 Å². The second-order valence-electron chi connectivity index (χ2n) is 7.82. The fourth-order valence-electron chi connectivity index (χ4n) is 3.90. The van der Waals surface area contributed by atoms with Crippen LogP contribution in [0.25, 0.3) is 16.9 Å². The average Bonchev–Trinajstić information content (AvgIpc) is 3.19. The number of benzene rings is 3. The van der Waals surface area contributed by atoms with Crippen molar-refractivity contribution in [2.24, 2.45) is 0 Å². The van der Waals surface area contributed by atoms with Gasteiger partial charge in [-0.05, 0) is 36.2 Å². The monoisotopic (exact) mass is 443 g/mol. The molecule has 1 heterocycles. The van der Waals surface area contributed by atoms with Crippen molar-refractivity contribution >= 4 is 17.5 Å². The van der Waals surface area contributed by atoms with Crippen LogP contribution in [0.3, 0.4) is 0 Å². The van der Waals surface area contributed by atoms with Crippen molar-refractivity contribution in [1.82, 2.24) is 14.7 Å². The first-order valence-electron chi connectivity index (χ1n) is 10.8. The van der Waals surface area contributed by atoms with Gasteiger partial charge in [-0.15, -0.1) is 0 Å². The van der Waals surface area contributed by atoms with Crippen molar-refractivity contribution in [3.05, 3.63) is 107 Å². The molecule has 0 radical (unpaired) electrons. The van der Waals surface area contributed by atoms with Crippen LogP contribution in [-0.2, 0) is 13.0 Å². The largest absolute Gasteiger partial charge is 0.337 e. The van der Waals surface area contributed by atoms with E-state index < -0.39 is 0 Å². The van der Waals surface area contributed by atoms with Gasteiger partial charge >= 0.3 is 0 Å². The predicted octanol–water partition coefficient (Wildman–Crippen LogP) is 6.42. The molecular weight excluding hydrogens is 418 g/mol. The van der Waals surface area contributed by atoms with Gasteiger partial charge in [0.1, 0.15) is 5.69 Å². The molecule has 0 aliphatic carbocycles. The molecule has 0 saturated carbocycles. The van der Waals surface area contributed by atoms with E-state index in [-0.39, 0.29) is 5.91 Å². The Kier molecular flexibility index (Phi) is 6.72. The minimum absolute atomic E-state index is 0.0468. The van der Waals surface area contributed by atoms with Crippen molar-refractivity contribution in [2.45, 2.75) is 26.3 Å². The first-order chi connectivity index (χ1) is 15.6. The Hall–Kier alpha value is -3.37. The van der Waals surface area contributed by atoms with Crippen LogP contribution in [0.4, 0.5) is 0 Å². The van der Waals surface area contributed by atoms with Gasteiger partial charge in [0.25, 0.3) is 5.91 Å². The Morgan fingerprint density at radius 3 is 2.31 bits per heavy atom. The maximum Gasteiger partial charge on any atom is 0.258 e. The zero-order valence-corrected chi connectivity index (χ0v) is 19.1. The number of carbonyl (C=O) groups is 1. The quantitative estimate of drug-likeness (QED) is 0.330. The lowest BCUT2D eigenvalue weighted by Gasteiger charge is -2.19. The molecule has 1 aromatic heterocycles. The minimum atomic E-state index is -0.0468. The standard InChI is InChI=1S/C27H26ClN3O/c1-3-11-24-25(27(32)30(2)19-20-12-10-15-22(28)18-20)26(21-13-6-4-7-14-21)29-31(24)23-16-8-5-9-17-23/h4-10,12-18H,3,11,19H2,1-2H3. The summed E-state index contributed by atoms with van der Waals surface area (Å²) in [4.78, 5) is 15.5. The summed E-state index contributed by atoms with van der Waals surface area (Å²) < 4.78 is 1.92. The Bertz CT molecular complexity index is 1200. The van der Waals surface area contributed by atoms with Crippen LogP contribution in [-0.4, -0.2) is 27.6 Å². The summed E-state index contributed by atoms with van der Waals surface area (Å²) in [7, 11) is 1.83. The van der Waals surface area contributed by atoms with Gasteiger partial charge in [-0.1, -0.05) is 85.6 Å². The number of nitrogens with zero attached hydrogens (tertiary/aromatic N) is 3. The second-order valence-corrected chi connectivity index (χ2v) is 8.26. The van der Waals surface area contributed by atoms with Gasteiger partial charge in [-0.2, -0.15) is 5.10 Å². The Morgan fingerprint density at radius 1 is 0.969 bits per heavy atom. The normalized spacial score (nSPS) is 10.8. The van der Waals surface area contributed by atoms with Crippen LogP contribution in [0.2, 0.25) is 5.02 Å². The SMILES string of the molecule is CCCc1c(C(=O)N(C)Cc2cccc(Cl)c2)c(-c2ccccc2)nn1-c1ccccc1. The van der Waals surface area contributed by atoms with E-state index in [0.717, 1.165) is 35.3 Å². The molecule has 3 aromatic carbocycles. The summed E-state index contributed by atoms with van der Waals surface area (Å²) in [5.41, 5.74) is 5.17. The minimum Gasteiger partial charge on any atom is -0.337 e. The molecule has 4 rings (SSSR count). The lowest BCUT2D eigenvalue weighted by Crippen LogP contribution is -2.27. The Balaban J connectivity index is 1.83. The van der Waals surface area contributed by atoms with Crippen LogP contribution >= 0.6 is 11.6 Å². The van der Waals surface area contributed by atoms with E-state index in [2.05, 4.69) is 6.92 Å². The molecule has 0 aliphatic heterocycles. The highest BCUT2D eigenvalue weighted by molar-refractivity contribution is 6.30. The first kappa shape index (κ1) is 21.8. The molecule has 0 fully saturated rings. The molecule has 5 heteroatoms. The number of hydrogen-bond donors (Lipinski definition) is 0. The van der Waals surface area contributed by atoms with Gasteiger partial charge < -0.3 is 4.90 Å². The van der Waals surface area contributed by atoms with Crippen LogP contribution in [0.1, 0.15) is 35.0 Å². The molecule has 0 saturated heterocycles.